The van der Waals surface area contributed by atoms with E-state index in [1.165, 1.54) is 12.1 Å². The summed E-state index contributed by atoms with van der Waals surface area (Å²) in [4.78, 5) is 13.9. The van der Waals surface area contributed by atoms with E-state index in [2.05, 4.69) is 4.98 Å². The molecule has 1 heterocycles. The molecule has 0 fully saturated rings. The summed E-state index contributed by atoms with van der Waals surface area (Å²) < 4.78 is 13.2. The number of aromatic carboxylic acids is 1. The molecule has 0 atom stereocenters. The minimum atomic E-state index is -0.969. The quantitative estimate of drug-likeness (QED) is 0.734. The summed E-state index contributed by atoms with van der Waals surface area (Å²) in [5.74, 6) is -1.27. The van der Waals surface area contributed by atoms with Crippen LogP contribution in [-0.4, -0.2) is 16.1 Å². The molecule has 0 bridgehead atoms. The number of carboxylic acid groups (broad SMARTS) is 1. The first-order valence-electron chi connectivity index (χ1n) is 5.75. The van der Waals surface area contributed by atoms with Gasteiger partial charge in [-0.2, -0.15) is 0 Å². The Bertz CT molecular complexity index is 777. The summed E-state index contributed by atoms with van der Waals surface area (Å²) in [6.07, 6.45) is 1.76. The van der Waals surface area contributed by atoms with Gasteiger partial charge in [-0.05, 0) is 29.8 Å². The summed E-state index contributed by atoms with van der Waals surface area (Å²) in [5.41, 5.74) is 2.56. The van der Waals surface area contributed by atoms with Crippen LogP contribution in [0, 0.1) is 5.82 Å². The molecule has 3 rings (SSSR count). The highest BCUT2D eigenvalue weighted by atomic mass is 19.1. The molecular weight excluding hydrogens is 245 g/mol. The molecule has 1 aromatic heterocycles. The zero-order valence-corrected chi connectivity index (χ0v) is 9.85. The Kier molecular flexibility index (Phi) is 2.56. The lowest BCUT2D eigenvalue weighted by Gasteiger charge is -2.00. The highest BCUT2D eigenvalue weighted by Crippen LogP contribution is 2.29. The molecule has 0 aliphatic heterocycles. The zero-order valence-electron chi connectivity index (χ0n) is 9.85. The third-order valence-corrected chi connectivity index (χ3v) is 3.06. The van der Waals surface area contributed by atoms with E-state index in [9.17, 15) is 9.18 Å². The Morgan fingerprint density at radius 1 is 1.16 bits per heavy atom. The van der Waals surface area contributed by atoms with E-state index in [1.54, 1.807) is 30.5 Å². The van der Waals surface area contributed by atoms with Gasteiger partial charge in [0.05, 0.1) is 5.56 Å². The van der Waals surface area contributed by atoms with Crippen LogP contribution in [0.15, 0.2) is 48.7 Å². The predicted octanol–water partition coefficient (Wildman–Crippen LogP) is 3.67. The molecule has 0 amide bonds. The summed E-state index contributed by atoms with van der Waals surface area (Å²) >= 11 is 0. The van der Waals surface area contributed by atoms with Gasteiger partial charge in [0, 0.05) is 22.7 Å². The van der Waals surface area contributed by atoms with Crippen molar-refractivity contribution in [3.05, 3.63) is 60.0 Å². The molecule has 0 aliphatic rings. The minimum Gasteiger partial charge on any atom is -0.478 e. The van der Waals surface area contributed by atoms with Gasteiger partial charge in [0.1, 0.15) is 5.82 Å². The summed E-state index contributed by atoms with van der Waals surface area (Å²) in [6, 6.07) is 11.2. The normalized spacial score (nSPS) is 10.8. The molecule has 0 spiro atoms. The van der Waals surface area contributed by atoms with Crippen LogP contribution in [0.1, 0.15) is 10.4 Å². The number of benzene rings is 2. The maximum absolute atomic E-state index is 13.2. The standard InChI is InChI=1S/C15H10FNO2/c16-11-3-1-2-9(6-11)13-8-17-14-7-10(15(18)19)4-5-12(13)14/h1-8,17H,(H,18,19). The first-order valence-corrected chi connectivity index (χ1v) is 5.75. The van der Waals surface area contributed by atoms with Crippen LogP contribution in [0.25, 0.3) is 22.0 Å². The Morgan fingerprint density at radius 2 is 2.00 bits per heavy atom. The molecule has 3 aromatic rings. The number of aromatic amines is 1. The molecule has 0 saturated heterocycles. The Balaban J connectivity index is 2.18. The van der Waals surface area contributed by atoms with Crippen molar-refractivity contribution in [2.75, 3.05) is 0 Å². The van der Waals surface area contributed by atoms with Gasteiger partial charge in [-0.3, -0.25) is 0 Å². The number of halogens is 1. The fourth-order valence-electron chi connectivity index (χ4n) is 2.15. The molecule has 2 aromatic carbocycles. The number of fused-ring (bicyclic) bond motifs is 1. The Hall–Kier alpha value is -2.62. The second-order valence-corrected chi connectivity index (χ2v) is 4.28. The molecule has 0 aliphatic carbocycles. The van der Waals surface area contributed by atoms with E-state index in [0.717, 1.165) is 22.0 Å². The van der Waals surface area contributed by atoms with Crippen molar-refractivity contribution in [2.24, 2.45) is 0 Å². The fraction of sp³-hybridized carbons (Fsp3) is 0. The van der Waals surface area contributed by atoms with E-state index < -0.39 is 5.97 Å². The summed E-state index contributed by atoms with van der Waals surface area (Å²) in [7, 11) is 0. The summed E-state index contributed by atoms with van der Waals surface area (Å²) in [6.45, 7) is 0. The van der Waals surface area contributed by atoms with Gasteiger partial charge in [-0.25, -0.2) is 9.18 Å². The van der Waals surface area contributed by atoms with Gasteiger partial charge in [0.15, 0.2) is 0 Å². The van der Waals surface area contributed by atoms with E-state index in [-0.39, 0.29) is 11.4 Å². The van der Waals surface area contributed by atoms with Crippen LogP contribution in [0.2, 0.25) is 0 Å². The average molecular weight is 255 g/mol. The van der Waals surface area contributed by atoms with Crippen molar-refractivity contribution in [3.63, 3.8) is 0 Å². The number of aromatic nitrogens is 1. The number of hydrogen-bond donors (Lipinski definition) is 2. The van der Waals surface area contributed by atoms with Gasteiger partial charge in [-0.1, -0.05) is 18.2 Å². The van der Waals surface area contributed by atoms with Crippen molar-refractivity contribution < 1.29 is 14.3 Å². The van der Waals surface area contributed by atoms with Gasteiger partial charge >= 0.3 is 5.97 Å². The lowest BCUT2D eigenvalue weighted by molar-refractivity contribution is 0.0697. The predicted molar refractivity (Wildman–Crippen MR) is 70.7 cm³/mol. The van der Waals surface area contributed by atoms with Gasteiger partial charge in [-0.15, -0.1) is 0 Å². The van der Waals surface area contributed by atoms with E-state index in [0.29, 0.717) is 0 Å². The van der Waals surface area contributed by atoms with Crippen molar-refractivity contribution in [2.45, 2.75) is 0 Å². The monoisotopic (exact) mass is 255 g/mol. The maximum atomic E-state index is 13.2. The second kappa shape index (κ2) is 4.24. The number of H-pyrrole nitrogens is 1. The van der Waals surface area contributed by atoms with Gasteiger partial charge < -0.3 is 10.1 Å². The SMILES string of the molecule is O=C(O)c1ccc2c(-c3cccc(F)c3)c[nH]c2c1. The second-order valence-electron chi connectivity index (χ2n) is 4.28. The first-order chi connectivity index (χ1) is 9.15. The topological polar surface area (TPSA) is 53.1 Å². The third kappa shape index (κ3) is 1.97. The molecule has 0 saturated carbocycles. The Morgan fingerprint density at radius 3 is 2.74 bits per heavy atom. The number of carboxylic acids is 1. The number of hydrogen-bond acceptors (Lipinski definition) is 1. The largest absolute Gasteiger partial charge is 0.478 e. The molecule has 4 heteroatoms. The van der Waals surface area contributed by atoms with Crippen LogP contribution in [-0.2, 0) is 0 Å². The Labute approximate surface area is 108 Å². The highest BCUT2D eigenvalue weighted by Gasteiger charge is 2.09. The number of rotatable bonds is 2. The average Bonchev–Trinajstić information content (AvgIpc) is 2.81. The first kappa shape index (κ1) is 11.5. The molecule has 0 unspecified atom stereocenters. The van der Waals surface area contributed by atoms with Gasteiger partial charge in [0.2, 0.25) is 0 Å². The van der Waals surface area contributed by atoms with Crippen molar-refractivity contribution >= 4 is 16.9 Å². The molecule has 19 heavy (non-hydrogen) atoms. The van der Waals surface area contributed by atoms with Crippen LogP contribution in [0.5, 0.6) is 0 Å². The summed E-state index contributed by atoms with van der Waals surface area (Å²) in [5, 5.41) is 9.81. The van der Waals surface area contributed by atoms with Crippen molar-refractivity contribution in [1.82, 2.24) is 4.98 Å². The number of carbonyl (C=O) groups is 1. The van der Waals surface area contributed by atoms with Crippen molar-refractivity contribution in [3.8, 4) is 11.1 Å². The van der Waals surface area contributed by atoms with Crippen LogP contribution >= 0.6 is 0 Å². The fourth-order valence-corrected chi connectivity index (χ4v) is 2.15. The smallest absolute Gasteiger partial charge is 0.335 e. The van der Waals surface area contributed by atoms with E-state index >= 15 is 0 Å². The molecule has 2 N–H and O–H groups in total. The number of nitrogens with one attached hydrogen (secondary N) is 1. The van der Waals surface area contributed by atoms with Gasteiger partial charge in [0.25, 0.3) is 0 Å². The van der Waals surface area contributed by atoms with Crippen LogP contribution < -0.4 is 0 Å². The minimum absolute atomic E-state index is 0.222. The maximum Gasteiger partial charge on any atom is 0.335 e. The van der Waals surface area contributed by atoms with Crippen LogP contribution in [0.3, 0.4) is 0 Å². The van der Waals surface area contributed by atoms with Crippen molar-refractivity contribution in [1.29, 1.82) is 0 Å². The molecule has 0 radical (unpaired) electrons. The van der Waals surface area contributed by atoms with Crippen LogP contribution in [0.4, 0.5) is 4.39 Å². The van der Waals surface area contributed by atoms with E-state index in [4.69, 9.17) is 5.11 Å². The third-order valence-electron chi connectivity index (χ3n) is 3.06. The molecule has 94 valence electrons. The lowest BCUT2D eigenvalue weighted by Crippen LogP contribution is -1.94. The highest BCUT2D eigenvalue weighted by molar-refractivity contribution is 5.99. The van der Waals surface area contributed by atoms with E-state index in [1.807, 2.05) is 6.07 Å². The lowest BCUT2D eigenvalue weighted by atomic mass is 10.0. The molecular formula is C15H10FNO2. The molecule has 3 nitrogen and oxygen atoms in total. The zero-order chi connectivity index (χ0) is 13.4.